The smallest absolute Gasteiger partial charge is 0.225 e. The molecule has 0 aliphatic rings. The van der Waals surface area contributed by atoms with Gasteiger partial charge in [0.2, 0.25) is 5.91 Å². The maximum atomic E-state index is 12.2. The molecule has 6 nitrogen and oxygen atoms in total. The fourth-order valence-corrected chi connectivity index (χ4v) is 3.70. The van der Waals surface area contributed by atoms with Crippen molar-refractivity contribution < 1.29 is 14.3 Å². The number of carbonyl (C=O) groups excluding carboxylic acids is 1. The van der Waals surface area contributed by atoms with Crippen molar-refractivity contribution in [3.05, 3.63) is 41.5 Å². The Balaban J connectivity index is 1.60. The molecule has 2 heterocycles. The molecule has 0 bridgehead atoms. The van der Waals surface area contributed by atoms with Gasteiger partial charge in [0.15, 0.2) is 4.96 Å². The van der Waals surface area contributed by atoms with Crippen LogP contribution in [0.15, 0.2) is 35.8 Å². The van der Waals surface area contributed by atoms with E-state index in [4.69, 9.17) is 9.47 Å². The van der Waals surface area contributed by atoms with Crippen molar-refractivity contribution in [3.8, 4) is 17.0 Å². The number of amides is 1. The molecule has 0 radical (unpaired) electrons. The zero-order valence-electron chi connectivity index (χ0n) is 16.6. The number of thiazole rings is 1. The maximum absolute atomic E-state index is 12.2. The van der Waals surface area contributed by atoms with Gasteiger partial charge in [0.05, 0.1) is 24.8 Å². The first-order valence-electron chi connectivity index (χ1n) is 9.63. The van der Waals surface area contributed by atoms with Crippen molar-refractivity contribution in [1.82, 2.24) is 14.7 Å². The Bertz CT molecular complexity index is 899. The number of carbonyl (C=O) groups is 1. The first kappa shape index (κ1) is 20.4. The zero-order chi connectivity index (χ0) is 19.9. The number of fused-ring (bicyclic) bond motifs is 1. The summed E-state index contributed by atoms with van der Waals surface area (Å²) in [5, 5.41) is 4.95. The second-order valence-corrected chi connectivity index (χ2v) is 7.60. The van der Waals surface area contributed by atoms with Gasteiger partial charge in [0.25, 0.3) is 0 Å². The molecule has 0 saturated carbocycles. The molecule has 0 atom stereocenters. The van der Waals surface area contributed by atoms with E-state index in [2.05, 4.69) is 10.3 Å². The van der Waals surface area contributed by atoms with Crippen LogP contribution in [0, 0.1) is 0 Å². The summed E-state index contributed by atoms with van der Waals surface area (Å²) in [4.78, 5) is 17.8. The minimum absolute atomic E-state index is 0.0144. The van der Waals surface area contributed by atoms with E-state index in [1.165, 1.54) is 0 Å². The molecule has 150 valence electrons. The molecule has 28 heavy (non-hydrogen) atoms. The summed E-state index contributed by atoms with van der Waals surface area (Å²) in [6, 6.07) is 7.90. The Morgan fingerprint density at radius 1 is 1.29 bits per heavy atom. The van der Waals surface area contributed by atoms with Crippen LogP contribution in [-0.4, -0.2) is 41.2 Å². The fraction of sp³-hybridized carbons (Fsp3) is 0.429. The zero-order valence-corrected chi connectivity index (χ0v) is 17.4. The van der Waals surface area contributed by atoms with E-state index in [1.807, 2.05) is 61.0 Å². The molecule has 1 N–H and O–H groups in total. The summed E-state index contributed by atoms with van der Waals surface area (Å²) in [5.41, 5.74) is 2.86. The number of imidazole rings is 1. The summed E-state index contributed by atoms with van der Waals surface area (Å²) in [5.74, 6) is 0.865. The van der Waals surface area contributed by atoms with Crippen molar-refractivity contribution >= 4 is 22.2 Å². The average Bonchev–Trinajstić information content (AvgIpc) is 3.24. The van der Waals surface area contributed by atoms with Gasteiger partial charge in [-0.1, -0.05) is 0 Å². The van der Waals surface area contributed by atoms with Crippen LogP contribution in [-0.2, 0) is 16.0 Å². The van der Waals surface area contributed by atoms with E-state index in [0.29, 0.717) is 26.2 Å². The predicted octanol–water partition coefficient (Wildman–Crippen LogP) is 3.94. The van der Waals surface area contributed by atoms with Gasteiger partial charge in [-0.05, 0) is 51.5 Å². The summed E-state index contributed by atoms with van der Waals surface area (Å²) in [6.07, 6.45) is 3.36. The number of nitrogens with one attached hydrogen (secondary N) is 1. The number of ether oxygens (including phenoxy) is 2. The third-order valence-electron chi connectivity index (χ3n) is 4.18. The highest BCUT2D eigenvalue weighted by atomic mass is 32.1. The fourth-order valence-electron chi connectivity index (χ4n) is 2.83. The predicted molar refractivity (Wildman–Crippen MR) is 112 cm³/mol. The van der Waals surface area contributed by atoms with Crippen LogP contribution in [0.4, 0.5) is 0 Å². The molecule has 7 heteroatoms. The quantitative estimate of drug-likeness (QED) is 0.523. The lowest BCUT2D eigenvalue weighted by atomic mass is 10.1. The van der Waals surface area contributed by atoms with Gasteiger partial charge >= 0.3 is 0 Å². The number of hydrogen-bond acceptors (Lipinski definition) is 5. The van der Waals surface area contributed by atoms with Crippen LogP contribution in [0.1, 0.15) is 32.9 Å². The van der Waals surface area contributed by atoms with E-state index >= 15 is 0 Å². The van der Waals surface area contributed by atoms with Gasteiger partial charge < -0.3 is 14.8 Å². The number of benzene rings is 1. The highest BCUT2D eigenvalue weighted by Crippen LogP contribution is 2.25. The van der Waals surface area contributed by atoms with Crippen LogP contribution in [0.25, 0.3) is 16.2 Å². The molecule has 0 spiro atoms. The Hall–Kier alpha value is -2.38. The number of aromatic nitrogens is 2. The standard InChI is InChI=1S/C21H27N3O3S/c1-4-26-18-8-6-16(7-9-18)19-13-24-17(14-28-21(24)23-19)12-20(25)22-10-5-11-27-15(2)3/h6-9,13-15H,4-5,10-12H2,1-3H3,(H,22,25). The molecule has 2 aromatic heterocycles. The van der Waals surface area contributed by atoms with Crippen LogP contribution in [0.5, 0.6) is 5.75 Å². The van der Waals surface area contributed by atoms with Crippen LogP contribution < -0.4 is 10.1 Å². The Kier molecular flexibility index (Phi) is 7.06. The summed E-state index contributed by atoms with van der Waals surface area (Å²) in [7, 11) is 0. The number of nitrogens with zero attached hydrogens (tertiary/aromatic N) is 2. The third-order valence-corrected chi connectivity index (χ3v) is 5.07. The molecule has 3 rings (SSSR count). The molecule has 0 fully saturated rings. The lowest BCUT2D eigenvalue weighted by Crippen LogP contribution is -2.27. The minimum Gasteiger partial charge on any atom is -0.494 e. The largest absolute Gasteiger partial charge is 0.494 e. The van der Waals surface area contributed by atoms with Gasteiger partial charge in [-0.2, -0.15) is 0 Å². The molecule has 1 aromatic carbocycles. The monoisotopic (exact) mass is 401 g/mol. The van der Waals surface area contributed by atoms with Crippen LogP contribution >= 0.6 is 11.3 Å². The lowest BCUT2D eigenvalue weighted by Gasteiger charge is -2.08. The van der Waals surface area contributed by atoms with Crippen molar-refractivity contribution in [2.75, 3.05) is 19.8 Å². The SMILES string of the molecule is CCOc1ccc(-c2cn3c(CC(=O)NCCCOC(C)C)csc3n2)cc1. The molecule has 1 amide bonds. The molecular weight excluding hydrogens is 374 g/mol. The Labute approximate surface area is 169 Å². The minimum atomic E-state index is 0.0144. The van der Waals surface area contributed by atoms with E-state index in [1.54, 1.807) is 11.3 Å². The first-order valence-corrected chi connectivity index (χ1v) is 10.5. The van der Waals surface area contributed by atoms with E-state index in [-0.39, 0.29) is 12.0 Å². The van der Waals surface area contributed by atoms with E-state index < -0.39 is 0 Å². The highest BCUT2D eigenvalue weighted by Gasteiger charge is 2.12. The molecular formula is C21H27N3O3S. The van der Waals surface area contributed by atoms with Crippen LogP contribution in [0.3, 0.4) is 0 Å². The highest BCUT2D eigenvalue weighted by molar-refractivity contribution is 7.15. The molecule has 3 aromatic rings. The van der Waals surface area contributed by atoms with Crippen molar-refractivity contribution in [1.29, 1.82) is 0 Å². The van der Waals surface area contributed by atoms with Gasteiger partial charge in [-0.15, -0.1) is 11.3 Å². The summed E-state index contributed by atoms with van der Waals surface area (Å²) in [6.45, 7) is 7.91. The molecule has 0 unspecified atom stereocenters. The van der Waals surface area contributed by atoms with Gasteiger partial charge in [0, 0.05) is 36.0 Å². The average molecular weight is 402 g/mol. The lowest BCUT2D eigenvalue weighted by molar-refractivity contribution is -0.120. The molecule has 0 saturated heterocycles. The molecule has 0 aliphatic carbocycles. The summed E-state index contributed by atoms with van der Waals surface area (Å²) < 4.78 is 13.0. The first-order chi connectivity index (χ1) is 13.6. The maximum Gasteiger partial charge on any atom is 0.225 e. The Morgan fingerprint density at radius 3 is 2.79 bits per heavy atom. The van der Waals surface area contributed by atoms with Gasteiger partial charge in [-0.25, -0.2) is 4.98 Å². The topological polar surface area (TPSA) is 64.9 Å². The third kappa shape index (κ3) is 5.33. The normalized spacial score (nSPS) is 11.3. The van der Waals surface area contributed by atoms with Crippen LogP contribution in [0.2, 0.25) is 0 Å². The van der Waals surface area contributed by atoms with Crippen molar-refractivity contribution in [2.24, 2.45) is 0 Å². The second kappa shape index (κ2) is 9.71. The molecule has 0 aliphatic heterocycles. The number of hydrogen-bond donors (Lipinski definition) is 1. The van der Waals surface area contributed by atoms with Crippen molar-refractivity contribution in [2.45, 2.75) is 39.7 Å². The van der Waals surface area contributed by atoms with Gasteiger partial charge in [-0.3, -0.25) is 9.20 Å². The van der Waals surface area contributed by atoms with Crippen molar-refractivity contribution in [3.63, 3.8) is 0 Å². The second-order valence-electron chi connectivity index (χ2n) is 6.76. The number of rotatable bonds is 10. The van der Waals surface area contributed by atoms with E-state index in [9.17, 15) is 4.79 Å². The Morgan fingerprint density at radius 2 is 2.07 bits per heavy atom. The van der Waals surface area contributed by atoms with E-state index in [0.717, 1.165) is 34.1 Å². The summed E-state index contributed by atoms with van der Waals surface area (Å²) >= 11 is 1.55. The van der Waals surface area contributed by atoms with Gasteiger partial charge in [0.1, 0.15) is 5.75 Å².